The van der Waals surface area contributed by atoms with Crippen molar-refractivity contribution >= 4 is 43.7 Å². The number of hydrazine groups is 1. The van der Waals surface area contributed by atoms with Gasteiger partial charge < -0.3 is 4.74 Å². The number of carbonyl (C=O) groups is 2. The minimum atomic E-state index is -0.453. The van der Waals surface area contributed by atoms with E-state index in [1.807, 2.05) is 25.1 Å². The Labute approximate surface area is 163 Å². The fourth-order valence-corrected chi connectivity index (χ4v) is 2.91. The van der Waals surface area contributed by atoms with E-state index >= 15 is 0 Å². The van der Waals surface area contributed by atoms with Gasteiger partial charge in [-0.1, -0.05) is 35.0 Å². The number of nitrogens with one attached hydrogen (secondary N) is 2. The summed E-state index contributed by atoms with van der Waals surface area (Å²) in [5.41, 5.74) is 7.33. The van der Waals surface area contributed by atoms with Crippen LogP contribution in [-0.2, 0) is 11.2 Å². The van der Waals surface area contributed by atoms with Gasteiger partial charge in [0.2, 0.25) is 0 Å². The summed E-state index contributed by atoms with van der Waals surface area (Å²) >= 11 is 6.78. The topological polar surface area (TPSA) is 67.4 Å². The maximum atomic E-state index is 12.0. The molecule has 0 saturated carbocycles. The number of carbonyl (C=O) groups excluding carboxylic acids is 2. The highest BCUT2D eigenvalue weighted by Gasteiger charge is 2.10. The lowest BCUT2D eigenvalue weighted by atomic mass is 10.1. The lowest BCUT2D eigenvalue weighted by molar-refractivity contribution is -0.123. The Balaban J connectivity index is 1.84. The zero-order chi connectivity index (χ0) is 18.4. The highest BCUT2D eigenvalue weighted by Crippen LogP contribution is 2.26. The van der Waals surface area contributed by atoms with Gasteiger partial charge in [0.1, 0.15) is 5.75 Å². The van der Waals surface area contributed by atoms with Crippen LogP contribution >= 0.6 is 31.9 Å². The third-order valence-corrected chi connectivity index (χ3v) is 4.99. The molecular weight excluding hydrogens is 452 g/mol. The molecule has 5 nitrogen and oxygen atoms in total. The van der Waals surface area contributed by atoms with E-state index in [9.17, 15) is 9.59 Å². The largest absolute Gasteiger partial charge is 0.483 e. The van der Waals surface area contributed by atoms with Gasteiger partial charge in [0, 0.05) is 10.0 Å². The van der Waals surface area contributed by atoms with E-state index in [1.165, 1.54) is 5.56 Å². The monoisotopic (exact) mass is 468 g/mol. The van der Waals surface area contributed by atoms with Gasteiger partial charge in [-0.05, 0) is 64.7 Å². The normalized spacial score (nSPS) is 10.2. The first-order valence-corrected chi connectivity index (χ1v) is 9.26. The number of halogens is 2. The summed E-state index contributed by atoms with van der Waals surface area (Å²) in [6.45, 7) is 3.78. The van der Waals surface area contributed by atoms with Crippen molar-refractivity contribution in [2.45, 2.75) is 20.3 Å². The predicted molar refractivity (Wildman–Crippen MR) is 104 cm³/mol. The molecule has 0 bridgehead atoms. The second-order valence-corrected chi connectivity index (χ2v) is 7.08. The van der Waals surface area contributed by atoms with Gasteiger partial charge in [-0.2, -0.15) is 0 Å². The molecule has 0 aliphatic carbocycles. The summed E-state index contributed by atoms with van der Waals surface area (Å²) in [6, 6.07) is 10.9. The molecule has 0 aliphatic rings. The van der Waals surface area contributed by atoms with Crippen LogP contribution in [0.15, 0.2) is 45.3 Å². The van der Waals surface area contributed by atoms with Gasteiger partial charge in [0.15, 0.2) is 6.61 Å². The van der Waals surface area contributed by atoms with Crippen LogP contribution in [0.25, 0.3) is 0 Å². The van der Waals surface area contributed by atoms with Crippen molar-refractivity contribution in [1.82, 2.24) is 10.9 Å². The lowest BCUT2D eigenvalue weighted by Gasteiger charge is -2.11. The van der Waals surface area contributed by atoms with Gasteiger partial charge in [0.05, 0.1) is 4.47 Å². The molecule has 0 spiro atoms. The Morgan fingerprint density at radius 1 is 1.04 bits per heavy atom. The number of ether oxygens (including phenoxy) is 1. The van der Waals surface area contributed by atoms with Crippen molar-refractivity contribution < 1.29 is 14.3 Å². The molecule has 0 saturated heterocycles. The number of amides is 2. The van der Waals surface area contributed by atoms with E-state index in [0.717, 1.165) is 20.9 Å². The molecule has 2 aromatic carbocycles. The summed E-state index contributed by atoms with van der Waals surface area (Å²) in [5, 5.41) is 0. The van der Waals surface area contributed by atoms with Crippen LogP contribution in [0, 0.1) is 6.92 Å². The molecule has 2 N–H and O–H groups in total. The van der Waals surface area contributed by atoms with Crippen LogP contribution in [0.3, 0.4) is 0 Å². The van der Waals surface area contributed by atoms with E-state index in [-0.39, 0.29) is 6.61 Å². The van der Waals surface area contributed by atoms with E-state index in [2.05, 4.69) is 49.6 Å². The smallest absolute Gasteiger partial charge is 0.276 e. The number of aryl methyl sites for hydroxylation is 2. The molecule has 25 heavy (non-hydrogen) atoms. The Morgan fingerprint density at radius 2 is 1.80 bits per heavy atom. The molecule has 7 heteroatoms. The standard InChI is InChI=1S/C18H18Br2N2O3/c1-3-12-5-7-16(15(20)8-12)25-10-17(23)21-22-18(24)13-6-4-11(2)14(19)9-13/h4-9H,3,10H2,1-2H3,(H,21,23)(H,22,24). The highest BCUT2D eigenvalue weighted by atomic mass is 79.9. The number of benzene rings is 2. The first-order chi connectivity index (χ1) is 11.9. The average molecular weight is 470 g/mol. The molecule has 2 amide bonds. The number of rotatable bonds is 5. The summed E-state index contributed by atoms with van der Waals surface area (Å²) in [6.07, 6.45) is 0.917. The summed E-state index contributed by atoms with van der Waals surface area (Å²) in [7, 11) is 0. The highest BCUT2D eigenvalue weighted by molar-refractivity contribution is 9.10. The molecule has 0 aliphatic heterocycles. The van der Waals surface area contributed by atoms with Gasteiger partial charge >= 0.3 is 0 Å². The van der Waals surface area contributed by atoms with Crippen molar-refractivity contribution in [2.24, 2.45) is 0 Å². The number of hydrogen-bond acceptors (Lipinski definition) is 3. The average Bonchev–Trinajstić information content (AvgIpc) is 2.60. The summed E-state index contributed by atoms with van der Waals surface area (Å²) in [5.74, 6) is -0.283. The van der Waals surface area contributed by atoms with Crippen LogP contribution in [0.4, 0.5) is 0 Å². The molecule has 0 radical (unpaired) electrons. The van der Waals surface area contributed by atoms with Crippen molar-refractivity contribution in [3.8, 4) is 5.75 Å². The zero-order valence-corrected chi connectivity index (χ0v) is 17.0. The lowest BCUT2D eigenvalue weighted by Crippen LogP contribution is -2.43. The molecule has 132 valence electrons. The van der Waals surface area contributed by atoms with E-state index < -0.39 is 11.8 Å². The maximum absolute atomic E-state index is 12.0. The zero-order valence-electron chi connectivity index (χ0n) is 13.9. The second-order valence-electron chi connectivity index (χ2n) is 5.37. The molecular formula is C18H18Br2N2O3. The van der Waals surface area contributed by atoms with E-state index in [1.54, 1.807) is 18.2 Å². The van der Waals surface area contributed by atoms with Gasteiger partial charge in [0.25, 0.3) is 11.8 Å². The summed E-state index contributed by atoms with van der Waals surface area (Å²) in [4.78, 5) is 23.8. The third kappa shape index (κ3) is 5.57. The van der Waals surface area contributed by atoms with Crippen LogP contribution in [0.2, 0.25) is 0 Å². The molecule has 0 aromatic heterocycles. The van der Waals surface area contributed by atoms with Crippen molar-refractivity contribution in [3.05, 3.63) is 62.0 Å². The first-order valence-electron chi connectivity index (χ1n) is 7.67. The van der Waals surface area contributed by atoms with Gasteiger partial charge in [-0.25, -0.2) is 0 Å². The van der Waals surface area contributed by atoms with Crippen LogP contribution in [0.5, 0.6) is 5.75 Å². The molecule has 2 aromatic rings. The molecule has 0 heterocycles. The van der Waals surface area contributed by atoms with E-state index in [0.29, 0.717) is 11.3 Å². The van der Waals surface area contributed by atoms with Crippen LogP contribution in [0.1, 0.15) is 28.4 Å². The second kappa shape index (κ2) is 9.01. The molecule has 0 unspecified atom stereocenters. The minimum absolute atomic E-state index is 0.206. The van der Waals surface area contributed by atoms with E-state index in [4.69, 9.17) is 4.74 Å². The van der Waals surface area contributed by atoms with Crippen molar-refractivity contribution in [3.63, 3.8) is 0 Å². The Morgan fingerprint density at radius 3 is 2.44 bits per heavy atom. The number of hydrogen-bond donors (Lipinski definition) is 2. The molecule has 2 rings (SSSR count). The summed E-state index contributed by atoms with van der Waals surface area (Å²) < 4.78 is 7.07. The third-order valence-electron chi connectivity index (χ3n) is 3.51. The Bertz CT molecular complexity index is 794. The SMILES string of the molecule is CCc1ccc(OCC(=O)NNC(=O)c2ccc(C)c(Br)c2)c(Br)c1. The van der Waals surface area contributed by atoms with Crippen LogP contribution in [-0.4, -0.2) is 18.4 Å². The maximum Gasteiger partial charge on any atom is 0.276 e. The fraction of sp³-hybridized carbons (Fsp3) is 0.222. The molecule has 0 fully saturated rings. The Kier molecular flexibility index (Phi) is 7.01. The van der Waals surface area contributed by atoms with Crippen molar-refractivity contribution in [2.75, 3.05) is 6.61 Å². The minimum Gasteiger partial charge on any atom is -0.483 e. The fourth-order valence-electron chi connectivity index (χ4n) is 1.99. The van der Waals surface area contributed by atoms with Crippen molar-refractivity contribution in [1.29, 1.82) is 0 Å². The first kappa shape index (κ1) is 19.5. The Hall–Kier alpha value is -1.86. The van der Waals surface area contributed by atoms with Gasteiger partial charge in [-0.15, -0.1) is 0 Å². The molecule has 0 atom stereocenters. The quantitative estimate of drug-likeness (QED) is 0.652. The predicted octanol–water partition coefficient (Wildman–Crippen LogP) is 3.92. The van der Waals surface area contributed by atoms with Crippen LogP contribution < -0.4 is 15.6 Å². The van der Waals surface area contributed by atoms with Gasteiger partial charge in [-0.3, -0.25) is 20.4 Å².